The summed E-state index contributed by atoms with van der Waals surface area (Å²) in [7, 11) is 0. The smallest absolute Gasteiger partial charge is 0.104 e. The molecule has 0 aromatic carbocycles. The lowest BCUT2D eigenvalue weighted by Gasteiger charge is -2.09. The molecule has 1 N–H and O–H groups in total. The maximum absolute atomic E-state index is 4.58. The van der Waals surface area contributed by atoms with E-state index in [1.54, 1.807) is 23.1 Å². The number of aryl methyl sites for hydroxylation is 1. The molecule has 2 heterocycles. The van der Waals surface area contributed by atoms with E-state index in [4.69, 9.17) is 0 Å². The minimum atomic E-state index is 0.683. The Labute approximate surface area is 123 Å². The molecule has 0 fully saturated rings. The summed E-state index contributed by atoms with van der Waals surface area (Å²) < 4.78 is 1.29. The molecule has 0 saturated carbocycles. The lowest BCUT2D eigenvalue weighted by atomic mass is 10.2. The number of nitrogens with one attached hydrogen (secondary N) is 1. The second kappa shape index (κ2) is 7.08. The fourth-order valence-corrected chi connectivity index (χ4v) is 3.45. The van der Waals surface area contributed by atoms with Gasteiger partial charge in [-0.3, -0.25) is 0 Å². The van der Waals surface area contributed by atoms with E-state index in [1.807, 2.05) is 6.20 Å². The first-order chi connectivity index (χ1) is 9.15. The molecule has 102 valence electrons. The lowest BCUT2D eigenvalue weighted by Crippen LogP contribution is -2.19. The Bertz CT molecular complexity index is 507. The standard InChI is InChI=1S/C15H20N2S2/c1-11(2)8-16-9-13-7-12(3)15(17-10-13)19-14-5-4-6-18-14/h4-7,10-11,16H,8-9H2,1-3H3. The summed E-state index contributed by atoms with van der Waals surface area (Å²) in [6, 6.07) is 6.44. The van der Waals surface area contributed by atoms with Gasteiger partial charge in [-0.15, -0.1) is 11.3 Å². The highest BCUT2D eigenvalue weighted by Gasteiger charge is 2.05. The molecule has 2 aromatic rings. The highest BCUT2D eigenvalue weighted by molar-refractivity contribution is 8.01. The molecule has 0 spiro atoms. The topological polar surface area (TPSA) is 24.9 Å². The molecule has 19 heavy (non-hydrogen) atoms. The SMILES string of the molecule is Cc1cc(CNCC(C)C)cnc1Sc1cccs1. The summed E-state index contributed by atoms with van der Waals surface area (Å²) >= 11 is 3.50. The second-order valence-corrected chi connectivity index (χ2v) is 7.26. The van der Waals surface area contributed by atoms with Gasteiger partial charge in [0, 0.05) is 12.7 Å². The Morgan fingerprint density at radius 1 is 1.42 bits per heavy atom. The highest BCUT2D eigenvalue weighted by atomic mass is 32.2. The van der Waals surface area contributed by atoms with Gasteiger partial charge in [0.05, 0.1) is 4.21 Å². The zero-order chi connectivity index (χ0) is 13.7. The lowest BCUT2D eigenvalue weighted by molar-refractivity contribution is 0.551. The average Bonchev–Trinajstić information content (AvgIpc) is 2.85. The van der Waals surface area contributed by atoms with Crippen molar-refractivity contribution in [1.29, 1.82) is 0 Å². The van der Waals surface area contributed by atoms with Crippen molar-refractivity contribution in [3.8, 4) is 0 Å². The molecule has 2 nitrogen and oxygen atoms in total. The quantitative estimate of drug-likeness (QED) is 0.857. The first kappa shape index (κ1) is 14.6. The predicted molar refractivity (Wildman–Crippen MR) is 84.0 cm³/mol. The van der Waals surface area contributed by atoms with Crippen LogP contribution in [0.15, 0.2) is 39.0 Å². The van der Waals surface area contributed by atoms with Crippen LogP contribution < -0.4 is 5.32 Å². The van der Waals surface area contributed by atoms with Crippen molar-refractivity contribution < 1.29 is 0 Å². The zero-order valence-corrected chi connectivity index (χ0v) is 13.3. The minimum absolute atomic E-state index is 0.683. The van der Waals surface area contributed by atoms with Crippen molar-refractivity contribution >= 4 is 23.1 Å². The third-order valence-corrected chi connectivity index (χ3v) is 4.82. The van der Waals surface area contributed by atoms with Crippen LogP contribution in [0.3, 0.4) is 0 Å². The Balaban J connectivity index is 1.97. The molecule has 0 radical (unpaired) electrons. The van der Waals surface area contributed by atoms with E-state index in [-0.39, 0.29) is 0 Å². The van der Waals surface area contributed by atoms with Crippen LogP contribution in [0.5, 0.6) is 0 Å². The Hall–Kier alpha value is -0.840. The normalized spacial score (nSPS) is 11.2. The molecule has 2 rings (SSSR count). The van der Waals surface area contributed by atoms with E-state index in [0.717, 1.165) is 18.1 Å². The maximum Gasteiger partial charge on any atom is 0.104 e. The highest BCUT2D eigenvalue weighted by Crippen LogP contribution is 2.31. The first-order valence-corrected chi connectivity index (χ1v) is 8.22. The number of rotatable bonds is 6. The summed E-state index contributed by atoms with van der Waals surface area (Å²) in [6.07, 6.45) is 1.98. The van der Waals surface area contributed by atoms with Gasteiger partial charge in [0.1, 0.15) is 5.03 Å². The van der Waals surface area contributed by atoms with E-state index in [2.05, 4.69) is 54.7 Å². The number of pyridine rings is 1. The van der Waals surface area contributed by atoms with Gasteiger partial charge in [-0.25, -0.2) is 4.98 Å². The molecule has 0 atom stereocenters. The molecule has 0 amide bonds. The zero-order valence-electron chi connectivity index (χ0n) is 11.6. The van der Waals surface area contributed by atoms with Crippen LogP contribution in [0.1, 0.15) is 25.0 Å². The van der Waals surface area contributed by atoms with Gasteiger partial charge in [-0.05, 0) is 42.0 Å². The number of aromatic nitrogens is 1. The van der Waals surface area contributed by atoms with Gasteiger partial charge >= 0.3 is 0 Å². The summed E-state index contributed by atoms with van der Waals surface area (Å²) in [6.45, 7) is 8.52. The average molecular weight is 292 g/mol. The van der Waals surface area contributed by atoms with Crippen LogP contribution >= 0.6 is 23.1 Å². The monoisotopic (exact) mass is 292 g/mol. The Morgan fingerprint density at radius 3 is 2.89 bits per heavy atom. The van der Waals surface area contributed by atoms with Gasteiger partial charge in [-0.1, -0.05) is 37.7 Å². The molecule has 2 aromatic heterocycles. The molecule has 0 saturated heterocycles. The van der Waals surface area contributed by atoms with Crippen LogP contribution in [0.25, 0.3) is 0 Å². The first-order valence-electron chi connectivity index (χ1n) is 6.52. The number of hydrogen-bond acceptors (Lipinski definition) is 4. The number of thiophene rings is 1. The fourth-order valence-electron chi connectivity index (χ4n) is 1.75. The molecule has 0 aliphatic rings. The molecule has 0 unspecified atom stereocenters. The summed E-state index contributed by atoms with van der Waals surface area (Å²) in [4.78, 5) is 4.58. The van der Waals surface area contributed by atoms with Crippen LogP contribution in [0.2, 0.25) is 0 Å². The number of hydrogen-bond donors (Lipinski definition) is 1. The van der Waals surface area contributed by atoms with Crippen molar-refractivity contribution in [2.75, 3.05) is 6.54 Å². The van der Waals surface area contributed by atoms with Gasteiger partial charge in [0.2, 0.25) is 0 Å². The van der Waals surface area contributed by atoms with Gasteiger partial charge < -0.3 is 5.32 Å². The van der Waals surface area contributed by atoms with Crippen molar-refractivity contribution in [2.24, 2.45) is 5.92 Å². The van der Waals surface area contributed by atoms with Crippen molar-refractivity contribution in [2.45, 2.75) is 36.6 Å². The van der Waals surface area contributed by atoms with Crippen LogP contribution in [-0.4, -0.2) is 11.5 Å². The van der Waals surface area contributed by atoms with Crippen molar-refractivity contribution in [3.05, 3.63) is 40.9 Å². The minimum Gasteiger partial charge on any atom is -0.312 e. The largest absolute Gasteiger partial charge is 0.312 e. The molecular weight excluding hydrogens is 272 g/mol. The van der Waals surface area contributed by atoms with Crippen LogP contribution in [0, 0.1) is 12.8 Å². The Morgan fingerprint density at radius 2 is 2.26 bits per heavy atom. The third kappa shape index (κ3) is 4.64. The van der Waals surface area contributed by atoms with Gasteiger partial charge in [0.15, 0.2) is 0 Å². The number of nitrogens with zero attached hydrogens (tertiary/aromatic N) is 1. The van der Waals surface area contributed by atoms with Crippen LogP contribution in [-0.2, 0) is 6.54 Å². The van der Waals surface area contributed by atoms with Crippen molar-refractivity contribution in [3.63, 3.8) is 0 Å². The fraction of sp³-hybridized carbons (Fsp3) is 0.400. The van der Waals surface area contributed by atoms with Gasteiger partial charge in [0.25, 0.3) is 0 Å². The molecule has 4 heteroatoms. The summed E-state index contributed by atoms with van der Waals surface area (Å²) in [5.41, 5.74) is 2.51. The third-order valence-electron chi connectivity index (χ3n) is 2.66. The maximum atomic E-state index is 4.58. The van der Waals surface area contributed by atoms with E-state index in [9.17, 15) is 0 Å². The van der Waals surface area contributed by atoms with Crippen LogP contribution in [0.4, 0.5) is 0 Å². The molecule has 0 bridgehead atoms. The van der Waals surface area contributed by atoms with E-state index >= 15 is 0 Å². The van der Waals surface area contributed by atoms with E-state index in [0.29, 0.717) is 5.92 Å². The molecule has 0 aliphatic heterocycles. The van der Waals surface area contributed by atoms with E-state index in [1.165, 1.54) is 15.3 Å². The molecular formula is C15H20N2S2. The summed E-state index contributed by atoms with van der Waals surface area (Å²) in [5, 5.41) is 6.65. The van der Waals surface area contributed by atoms with E-state index < -0.39 is 0 Å². The predicted octanol–water partition coefficient (Wildman–Crippen LogP) is 4.35. The van der Waals surface area contributed by atoms with Gasteiger partial charge in [-0.2, -0.15) is 0 Å². The molecule has 0 aliphatic carbocycles. The Kier molecular flexibility index (Phi) is 5.43. The van der Waals surface area contributed by atoms with Crippen molar-refractivity contribution in [1.82, 2.24) is 10.3 Å². The summed E-state index contributed by atoms with van der Waals surface area (Å²) in [5.74, 6) is 0.683. The second-order valence-electron chi connectivity index (χ2n) is 5.02.